The summed E-state index contributed by atoms with van der Waals surface area (Å²) in [4.78, 5) is 14.1. The molecule has 1 aromatic carbocycles. The van der Waals surface area contributed by atoms with Gasteiger partial charge in [-0.25, -0.2) is 0 Å². The van der Waals surface area contributed by atoms with Gasteiger partial charge in [0.1, 0.15) is 16.5 Å². The van der Waals surface area contributed by atoms with Crippen LogP contribution in [-0.2, 0) is 12.8 Å². The molecule has 3 aromatic rings. The highest BCUT2D eigenvalue weighted by molar-refractivity contribution is 7.16. The highest BCUT2D eigenvalue weighted by atomic mass is 35.5. The minimum Gasteiger partial charge on any atom is -0.457 e. The second-order valence-electron chi connectivity index (χ2n) is 7.13. The number of fused-ring (bicyclic) bond motifs is 3. The van der Waals surface area contributed by atoms with Crippen molar-refractivity contribution in [1.82, 2.24) is 5.32 Å². The predicted octanol–water partition coefficient (Wildman–Crippen LogP) is 5.70. The van der Waals surface area contributed by atoms with Crippen molar-refractivity contribution in [2.24, 2.45) is 0 Å². The molecule has 0 saturated carbocycles. The van der Waals surface area contributed by atoms with Gasteiger partial charge >= 0.3 is 0 Å². The first-order valence-corrected chi connectivity index (χ1v) is 10.4. The van der Waals surface area contributed by atoms with E-state index >= 15 is 0 Å². The van der Waals surface area contributed by atoms with Crippen LogP contribution in [0.3, 0.4) is 0 Å². The van der Waals surface area contributed by atoms with Crippen LogP contribution in [0.25, 0.3) is 11.3 Å². The molecule has 0 spiro atoms. The Hall–Kier alpha value is -2.24. The summed E-state index contributed by atoms with van der Waals surface area (Å²) in [7, 11) is 0. The van der Waals surface area contributed by atoms with Gasteiger partial charge in [-0.05, 0) is 61.9 Å². The third-order valence-corrected chi connectivity index (χ3v) is 6.95. The minimum absolute atomic E-state index is 0.00974. The van der Waals surface area contributed by atoms with Crippen molar-refractivity contribution in [3.63, 3.8) is 0 Å². The quantitative estimate of drug-likeness (QED) is 0.581. The number of aryl methyl sites for hydroxylation is 2. The van der Waals surface area contributed by atoms with Gasteiger partial charge in [0.2, 0.25) is 0 Å². The van der Waals surface area contributed by atoms with Crippen molar-refractivity contribution in [3.05, 3.63) is 62.7 Å². The van der Waals surface area contributed by atoms with Crippen molar-refractivity contribution in [1.29, 1.82) is 0 Å². The number of benzene rings is 1. The number of nitrogens with one attached hydrogen (secondary N) is 2. The van der Waals surface area contributed by atoms with E-state index < -0.39 is 0 Å². The number of thiophene rings is 1. The molecule has 138 valence electrons. The van der Waals surface area contributed by atoms with Crippen LogP contribution in [0.2, 0.25) is 5.02 Å². The molecule has 6 heteroatoms. The molecule has 2 aliphatic rings. The van der Waals surface area contributed by atoms with Crippen LogP contribution in [0.4, 0.5) is 5.00 Å². The van der Waals surface area contributed by atoms with Crippen LogP contribution in [-0.4, -0.2) is 5.91 Å². The highest BCUT2D eigenvalue weighted by Crippen LogP contribution is 2.42. The van der Waals surface area contributed by atoms with E-state index in [2.05, 4.69) is 10.6 Å². The molecule has 2 aromatic heterocycles. The number of anilines is 1. The second kappa shape index (κ2) is 6.43. The zero-order valence-electron chi connectivity index (χ0n) is 14.9. The molecule has 27 heavy (non-hydrogen) atoms. The van der Waals surface area contributed by atoms with E-state index in [9.17, 15) is 4.79 Å². The Balaban J connectivity index is 1.45. The van der Waals surface area contributed by atoms with Crippen molar-refractivity contribution in [2.75, 3.05) is 5.32 Å². The lowest BCUT2D eigenvalue weighted by atomic mass is 9.94. The van der Waals surface area contributed by atoms with Crippen LogP contribution in [0, 0.1) is 6.92 Å². The molecule has 0 radical (unpaired) electrons. The number of carbonyl (C=O) groups is 1. The third kappa shape index (κ3) is 2.86. The van der Waals surface area contributed by atoms with Gasteiger partial charge in [0.05, 0.1) is 5.56 Å². The fourth-order valence-electron chi connectivity index (χ4n) is 3.83. The first-order valence-electron chi connectivity index (χ1n) is 9.18. The Morgan fingerprint density at radius 1 is 1.15 bits per heavy atom. The first-order chi connectivity index (χ1) is 13.1. The van der Waals surface area contributed by atoms with Gasteiger partial charge in [-0.2, -0.15) is 0 Å². The molecule has 1 atom stereocenters. The zero-order chi connectivity index (χ0) is 18.5. The van der Waals surface area contributed by atoms with Crippen molar-refractivity contribution in [3.8, 4) is 11.3 Å². The molecule has 0 fully saturated rings. The Kier molecular flexibility index (Phi) is 4.02. The lowest BCUT2D eigenvalue weighted by Crippen LogP contribution is -2.38. The minimum atomic E-state index is -0.361. The molecule has 0 saturated heterocycles. The van der Waals surface area contributed by atoms with Crippen LogP contribution in [0.15, 0.2) is 34.7 Å². The molecular formula is C21H19ClN2O2S. The monoisotopic (exact) mass is 398 g/mol. The molecule has 2 N–H and O–H groups in total. The zero-order valence-corrected chi connectivity index (χ0v) is 16.5. The maximum atomic E-state index is 12.8. The molecular weight excluding hydrogens is 380 g/mol. The first kappa shape index (κ1) is 16.9. The number of hydrogen-bond donors (Lipinski definition) is 2. The summed E-state index contributed by atoms with van der Waals surface area (Å²) < 4.78 is 6.04. The van der Waals surface area contributed by atoms with Gasteiger partial charge in [0.15, 0.2) is 6.17 Å². The molecule has 0 bridgehead atoms. The summed E-state index contributed by atoms with van der Waals surface area (Å²) in [5.74, 6) is 1.41. The smallest absolute Gasteiger partial charge is 0.256 e. The summed E-state index contributed by atoms with van der Waals surface area (Å²) in [6.45, 7) is 1.97. The summed E-state index contributed by atoms with van der Waals surface area (Å²) >= 11 is 7.95. The number of rotatable bonds is 2. The van der Waals surface area contributed by atoms with E-state index in [0.717, 1.165) is 46.7 Å². The van der Waals surface area contributed by atoms with Gasteiger partial charge < -0.3 is 15.1 Å². The number of amides is 1. The fourth-order valence-corrected chi connectivity index (χ4v) is 5.33. The number of halogens is 1. The average molecular weight is 399 g/mol. The van der Waals surface area contributed by atoms with Gasteiger partial charge in [0, 0.05) is 15.5 Å². The van der Waals surface area contributed by atoms with Crippen LogP contribution >= 0.6 is 22.9 Å². The Labute approximate surface area is 166 Å². The van der Waals surface area contributed by atoms with Crippen LogP contribution < -0.4 is 10.6 Å². The van der Waals surface area contributed by atoms with Crippen LogP contribution in [0.1, 0.15) is 51.1 Å². The normalized spacial score (nSPS) is 18.4. The molecule has 0 unspecified atom stereocenters. The van der Waals surface area contributed by atoms with E-state index in [4.69, 9.17) is 16.0 Å². The summed E-state index contributed by atoms with van der Waals surface area (Å²) in [5.41, 5.74) is 4.02. The lowest BCUT2D eigenvalue weighted by Gasteiger charge is -2.25. The molecule has 1 aliphatic carbocycles. The van der Waals surface area contributed by atoms with Crippen LogP contribution in [0.5, 0.6) is 0 Å². The second-order valence-corrected chi connectivity index (χ2v) is 8.64. The standard InChI is InChI=1S/C21H19ClN2O2S/c1-11-6-7-12(10-14(11)22)15-8-9-16(26-15)19-23-20(25)18-13-4-2-3-5-17(13)27-21(18)24-19/h6-10,19,24H,2-5H2,1H3,(H,23,25)/t19-/m1/s1. The van der Waals surface area contributed by atoms with E-state index in [1.54, 1.807) is 11.3 Å². The maximum Gasteiger partial charge on any atom is 0.256 e. The Morgan fingerprint density at radius 2 is 2.00 bits per heavy atom. The van der Waals surface area contributed by atoms with Gasteiger partial charge in [-0.3, -0.25) is 4.79 Å². The lowest BCUT2D eigenvalue weighted by molar-refractivity contribution is 0.0930. The topological polar surface area (TPSA) is 54.3 Å². The van der Waals surface area contributed by atoms with Gasteiger partial charge in [-0.1, -0.05) is 23.7 Å². The van der Waals surface area contributed by atoms with Crippen molar-refractivity contribution >= 4 is 33.8 Å². The molecule has 1 aliphatic heterocycles. The SMILES string of the molecule is Cc1ccc(-c2ccc([C@@H]3NC(=O)c4c(sc5c4CCCC5)N3)o2)cc1Cl. The average Bonchev–Trinajstić information content (AvgIpc) is 3.28. The fraction of sp³-hybridized carbons (Fsp3) is 0.286. The molecule has 1 amide bonds. The van der Waals surface area contributed by atoms with E-state index in [0.29, 0.717) is 10.8 Å². The predicted molar refractivity (Wildman–Crippen MR) is 109 cm³/mol. The summed E-state index contributed by atoms with van der Waals surface area (Å²) in [5, 5.41) is 8.18. The number of carbonyl (C=O) groups excluding carboxylic acids is 1. The van der Waals surface area contributed by atoms with Crippen molar-refractivity contribution < 1.29 is 9.21 Å². The largest absolute Gasteiger partial charge is 0.457 e. The molecule has 4 nitrogen and oxygen atoms in total. The molecule has 3 heterocycles. The molecule has 5 rings (SSSR count). The summed E-state index contributed by atoms with van der Waals surface area (Å²) in [6.07, 6.45) is 4.08. The number of hydrogen-bond acceptors (Lipinski definition) is 4. The Bertz CT molecular complexity index is 1050. The van der Waals surface area contributed by atoms with E-state index in [-0.39, 0.29) is 12.1 Å². The maximum absolute atomic E-state index is 12.8. The van der Waals surface area contributed by atoms with E-state index in [1.165, 1.54) is 16.9 Å². The van der Waals surface area contributed by atoms with Gasteiger partial charge in [-0.15, -0.1) is 11.3 Å². The van der Waals surface area contributed by atoms with Gasteiger partial charge in [0.25, 0.3) is 5.91 Å². The number of furan rings is 1. The Morgan fingerprint density at radius 3 is 2.85 bits per heavy atom. The van der Waals surface area contributed by atoms with Crippen molar-refractivity contribution in [2.45, 2.75) is 38.8 Å². The summed E-state index contributed by atoms with van der Waals surface area (Å²) in [6, 6.07) is 9.68. The highest BCUT2D eigenvalue weighted by Gasteiger charge is 2.33. The van der Waals surface area contributed by atoms with E-state index in [1.807, 2.05) is 37.3 Å². The third-order valence-electron chi connectivity index (χ3n) is 5.32.